The van der Waals surface area contributed by atoms with Crippen molar-refractivity contribution in [2.75, 3.05) is 5.32 Å². The molecule has 0 fully saturated rings. The summed E-state index contributed by atoms with van der Waals surface area (Å²) in [5.74, 6) is 0.575. The van der Waals surface area contributed by atoms with Crippen molar-refractivity contribution in [1.82, 2.24) is 0 Å². The van der Waals surface area contributed by atoms with Gasteiger partial charge in [0.15, 0.2) is 0 Å². The Bertz CT molecular complexity index is 625. The molecule has 0 saturated carbocycles. The summed E-state index contributed by atoms with van der Waals surface area (Å²) in [6.07, 6.45) is 1.12. The van der Waals surface area contributed by atoms with Gasteiger partial charge in [0.2, 0.25) is 0 Å². The molecular weight excluding hydrogens is 242 g/mol. The molecule has 0 radical (unpaired) electrons. The van der Waals surface area contributed by atoms with E-state index in [0.717, 1.165) is 6.42 Å². The Morgan fingerprint density at radius 2 is 1.65 bits per heavy atom. The fourth-order valence-electron chi connectivity index (χ4n) is 3.35. The van der Waals surface area contributed by atoms with Crippen molar-refractivity contribution in [3.63, 3.8) is 0 Å². The van der Waals surface area contributed by atoms with E-state index in [0.29, 0.717) is 12.0 Å². The third-order valence-corrected chi connectivity index (χ3v) is 4.46. The van der Waals surface area contributed by atoms with Gasteiger partial charge in [-0.2, -0.15) is 0 Å². The molecule has 1 heteroatoms. The molecule has 104 valence electrons. The fraction of sp³-hybridized carbons (Fsp3) is 0.368. The molecule has 1 aliphatic heterocycles. The highest BCUT2D eigenvalue weighted by Gasteiger charge is 2.30. The van der Waals surface area contributed by atoms with E-state index >= 15 is 0 Å². The summed E-state index contributed by atoms with van der Waals surface area (Å²) < 4.78 is 0. The van der Waals surface area contributed by atoms with Gasteiger partial charge >= 0.3 is 0 Å². The van der Waals surface area contributed by atoms with Gasteiger partial charge in [-0.1, -0.05) is 47.5 Å². The fourth-order valence-corrected chi connectivity index (χ4v) is 3.35. The molecule has 1 nitrogen and oxygen atoms in total. The van der Waals surface area contributed by atoms with Crippen LogP contribution in [0.25, 0.3) is 0 Å². The number of nitrogens with one attached hydrogen (secondary N) is 1. The Balaban J connectivity index is 1.94. The van der Waals surface area contributed by atoms with E-state index in [2.05, 4.69) is 69.4 Å². The minimum Gasteiger partial charge on any atom is -0.382 e. The average Bonchev–Trinajstić information content (AvgIpc) is 2.70. The maximum absolute atomic E-state index is 3.67. The SMILES string of the molecule is Cc1ccc(CC2c3cc(C)cc(C)c3NC2C)cc1. The average molecular weight is 265 g/mol. The van der Waals surface area contributed by atoms with Gasteiger partial charge in [0.25, 0.3) is 0 Å². The lowest BCUT2D eigenvalue weighted by molar-refractivity contribution is 0.629. The van der Waals surface area contributed by atoms with Crippen molar-refractivity contribution in [3.8, 4) is 0 Å². The van der Waals surface area contributed by atoms with Crippen LogP contribution in [0.4, 0.5) is 5.69 Å². The van der Waals surface area contributed by atoms with Crippen LogP contribution in [0, 0.1) is 20.8 Å². The van der Waals surface area contributed by atoms with Crippen LogP contribution in [-0.4, -0.2) is 6.04 Å². The lowest BCUT2D eigenvalue weighted by atomic mass is 9.88. The number of hydrogen-bond donors (Lipinski definition) is 1. The van der Waals surface area contributed by atoms with Crippen LogP contribution in [0.5, 0.6) is 0 Å². The first-order valence-electron chi connectivity index (χ1n) is 7.48. The van der Waals surface area contributed by atoms with E-state index < -0.39 is 0 Å². The predicted molar refractivity (Wildman–Crippen MR) is 86.6 cm³/mol. The van der Waals surface area contributed by atoms with Gasteiger partial charge in [0, 0.05) is 17.6 Å². The maximum atomic E-state index is 3.67. The Morgan fingerprint density at radius 3 is 2.35 bits per heavy atom. The Kier molecular flexibility index (Phi) is 3.29. The molecular formula is C19H23N. The first kappa shape index (κ1) is 13.2. The normalized spacial score (nSPS) is 20.6. The number of anilines is 1. The second-order valence-electron chi connectivity index (χ2n) is 6.28. The summed E-state index contributed by atoms with van der Waals surface area (Å²) in [5.41, 5.74) is 8.36. The zero-order chi connectivity index (χ0) is 14.3. The zero-order valence-corrected chi connectivity index (χ0v) is 12.8. The monoisotopic (exact) mass is 265 g/mol. The van der Waals surface area contributed by atoms with Gasteiger partial charge in [0.05, 0.1) is 0 Å². The molecule has 0 amide bonds. The topological polar surface area (TPSA) is 12.0 Å². The van der Waals surface area contributed by atoms with Crippen molar-refractivity contribution >= 4 is 5.69 Å². The molecule has 2 unspecified atom stereocenters. The molecule has 1 heterocycles. The van der Waals surface area contributed by atoms with E-state index in [-0.39, 0.29) is 0 Å². The molecule has 0 aliphatic carbocycles. The molecule has 2 atom stereocenters. The second kappa shape index (κ2) is 4.97. The van der Waals surface area contributed by atoms with Gasteiger partial charge in [-0.05, 0) is 50.8 Å². The van der Waals surface area contributed by atoms with Crippen LogP contribution in [0.2, 0.25) is 0 Å². The minimum absolute atomic E-state index is 0.506. The van der Waals surface area contributed by atoms with E-state index in [1.165, 1.54) is 33.5 Å². The van der Waals surface area contributed by atoms with Crippen LogP contribution >= 0.6 is 0 Å². The third-order valence-electron chi connectivity index (χ3n) is 4.46. The van der Waals surface area contributed by atoms with Crippen molar-refractivity contribution in [3.05, 3.63) is 64.2 Å². The van der Waals surface area contributed by atoms with Crippen molar-refractivity contribution in [1.29, 1.82) is 0 Å². The number of hydrogen-bond acceptors (Lipinski definition) is 1. The van der Waals surface area contributed by atoms with Gasteiger partial charge in [0.1, 0.15) is 0 Å². The summed E-state index contributed by atoms with van der Waals surface area (Å²) in [7, 11) is 0. The smallest absolute Gasteiger partial charge is 0.0408 e. The zero-order valence-electron chi connectivity index (χ0n) is 12.8. The molecule has 1 N–H and O–H groups in total. The predicted octanol–water partition coefficient (Wildman–Crippen LogP) is 4.75. The van der Waals surface area contributed by atoms with Gasteiger partial charge < -0.3 is 5.32 Å². The summed E-state index contributed by atoms with van der Waals surface area (Å²) in [6.45, 7) is 8.85. The quantitative estimate of drug-likeness (QED) is 0.826. The number of benzene rings is 2. The minimum atomic E-state index is 0.506. The van der Waals surface area contributed by atoms with Crippen LogP contribution in [0.15, 0.2) is 36.4 Å². The molecule has 0 aromatic heterocycles. The van der Waals surface area contributed by atoms with Crippen LogP contribution in [-0.2, 0) is 6.42 Å². The first-order valence-corrected chi connectivity index (χ1v) is 7.48. The number of fused-ring (bicyclic) bond motifs is 1. The molecule has 20 heavy (non-hydrogen) atoms. The van der Waals surface area contributed by atoms with Crippen LogP contribution in [0.3, 0.4) is 0 Å². The largest absolute Gasteiger partial charge is 0.382 e. The second-order valence-corrected chi connectivity index (χ2v) is 6.28. The number of rotatable bonds is 2. The standard InChI is InChI=1S/C19H23N/c1-12-5-7-16(8-6-12)11-17-15(4)20-19-14(3)9-13(2)10-18(17)19/h5-10,15,17,20H,11H2,1-4H3. The molecule has 1 aliphatic rings. The highest BCUT2D eigenvalue weighted by Crippen LogP contribution is 2.40. The van der Waals surface area contributed by atoms with Gasteiger partial charge in [-0.25, -0.2) is 0 Å². The molecule has 0 spiro atoms. The van der Waals surface area contributed by atoms with Crippen LogP contribution in [0.1, 0.15) is 40.7 Å². The lowest BCUT2D eigenvalue weighted by Gasteiger charge is -2.16. The summed E-state index contributed by atoms with van der Waals surface area (Å²) in [5, 5.41) is 3.67. The van der Waals surface area contributed by atoms with Crippen molar-refractivity contribution in [2.45, 2.75) is 46.1 Å². The van der Waals surface area contributed by atoms with E-state index in [1.54, 1.807) is 0 Å². The van der Waals surface area contributed by atoms with E-state index in [9.17, 15) is 0 Å². The van der Waals surface area contributed by atoms with E-state index in [4.69, 9.17) is 0 Å². The molecule has 3 rings (SSSR count). The first-order chi connectivity index (χ1) is 9.54. The summed E-state index contributed by atoms with van der Waals surface area (Å²) in [4.78, 5) is 0. The van der Waals surface area contributed by atoms with Crippen molar-refractivity contribution < 1.29 is 0 Å². The molecule has 2 aromatic carbocycles. The number of aryl methyl sites for hydroxylation is 3. The third kappa shape index (κ3) is 2.33. The maximum Gasteiger partial charge on any atom is 0.0408 e. The highest BCUT2D eigenvalue weighted by molar-refractivity contribution is 5.65. The molecule has 0 saturated heterocycles. The van der Waals surface area contributed by atoms with Gasteiger partial charge in [-0.15, -0.1) is 0 Å². The molecule has 2 aromatic rings. The Hall–Kier alpha value is -1.76. The summed E-state index contributed by atoms with van der Waals surface area (Å²) >= 11 is 0. The lowest BCUT2D eigenvalue weighted by Crippen LogP contribution is -2.17. The van der Waals surface area contributed by atoms with Crippen LogP contribution < -0.4 is 5.32 Å². The summed E-state index contributed by atoms with van der Waals surface area (Å²) in [6, 6.07) is 14.1. The van der Waals surface area contributed by atoms with Crippen molar-refractivity contribution in [2.24, 2.45) is 0 Å². The highest BCUT2D eigenvalue weighted by atomic mass is 15.0. The Morgan fingerprint density at radius 1 is 0.950 bits per heavy atom. The Labute approximate surface area is 122 Å². The van der Waals surface area contributed by atoms with E-state index in [1.807, 2.05) is 0 Å². The van der Waals surface area contributed by atoms with Gasteiger partial charge in [-0.3, -0.25) is 0 Å². The molecule has 0 bridgehead atoms.